The second kappa shape index (κ2) is 11.4. The molecule has 1 aliphatic carbocycles. The fourth-order valence-corrected chi connectivity index (χ4v) is 6.50. The van der Waals surface area contributed by atoms with E-state index >= 15 is 0 Å². The molecule has 0 bridgehead atoms. The highest BCUT2D eigenvalue weighted by Gasteiger charge is 2.37. The molecule has 3 heterocycles. The van der Waals surface area contributed by atoms with Gasteiger partial charge in [0.25, 0.3) is 5.91 Å². The van der Waals surface area contributed by atoms with Crippen molar-refractivity contribution in [3.05, 3.63) is 45.2 Å². The molecule has 3 N–H and O–H groups in total. The Hall–Kier alpha value is -3.71. The number of amidine groups is 1. The van der Waals surface area contributed by atoms with Crippen molar-refractivity contribution in [2.75, 3.05) is 27.7 Å². The van der Waals surface area contributed by atoms with Crippen LogP contribution in [-0.4, -0.2) is 84.0 Å². The van der Waals surface area contributed by atoms with E-state index in [0.717, 1.165) is 36.1 Å². The summed E-state index contributed by atoms with van der Waals surface area (Å²) in [7, 11) is 5.42. The van der Waals surface area contributed by atoms with Crippen LogP contribution in [0.3, 0.4) is 0 Å². The van der Waals surface area contributed by atoms with Crippen LogP contribution in [-0.2, 0) is 17.8 Å². The highest BCUT2D eigenvalue weighted by atomic mass is 32.1. The molecule has 4 amide bonds. The average molecular weight is 570 g/mol. The van der Waals surface area contributed by atoms with E-state index in [1.54, 1.807) is 14.1 Å². The van der Waals surface area contributed by atoms with Crippen molar-refractivity contribution >= 4 is 46.5 Å². The summed E-state index contributed by atoms with van der Waals surface area (Å²) in [6.45, 7) is 1.63. The number of carbonyl (C=O) groups is 4. The molecule has 1 aromatic carbocycles. The highest BCUT2D eigenvalue weighted by molar-refractivity contribution is 7.13. The standard InChI is InChI=1S/C27H32FN7O4S/c1-34(2)26(38)14-4-6-18(20(10-14)30-24(37)25-31-19-8-9-35(3)13-22(19)40-25)32-27(39)33-23-12-21(36)16-11-15(28)5-7-17(16)29-23/h5,7,11,14,18,20H,4,6,8-10,12-13H2,1-3H3,(H,30,37)(H2,29,32,33,39)/t14-,18-,20+/m0/s1. The lowest BCUT2D eigenvalue weighted by Crippen LogP contribution is -2.58. The number of benzene rings is 1. The van der Waals surface area contributed by atoms with Gasteiger partial charge in [-0.1, -0.05) is 0 Å². The fourth-order valence-electron chi connectivity index (χ4n) is 5.41. The van der Waals surface area contributed by atoms with E-state index in [1.807, 2.05) is 7.05 Å². The number of carbonyl (C=O) groups excluding carboxylic acids is 4. The highest BCUT2D eigenvalue weighted by Crippen LogP contribution is 2.29. The lowest BCUT2D eigenvalue weighted by Gasteiger charge is -2.37. The van der Waals surface area contributed by atoms with Gasteiger partial charge in [-0.25, -0.2) is 19.2 Å². The van der Waals surface area contributed by atoms with Crippen molar-refractivity contribution in [3.63, 3.8) is 0 Å². The smallest absolute Gasteiger partial charge is 0.320 e. The van der Waals surface area contributed by atoms with Crippen molar-refractivity contribution in [2.45, 2.75) is 50.7 Å². The second-order valence-corrected chi connectivity index (χ2v) is 11.8. The molecule has 212 valence electrons. The minimum Gasteiger partial charge on any atom is -0.349 e. The first-order valence-corrected chi connectivity index (χ1v) is 14.1. The van der Waals surface area contributed by atoms with Crippen molar-refractivity contribution in [1.29, 1.82) is 0 Å². The summed E-state index contributed by atoms with van der Waals surface area (Å²) in [4.78, 5) is 65.1. The van der Waals surface area contributed by atoms with Gasteiger partial charge in [0.15, 0.2) is 10.8 Å². The molecule has 11 nitrogen and oxygen atoms in total. The molecule has 2 aromatic rings. The van der Waals surface area contributed by atoms with Crippen LogP contribution >= 0.6 is 11.3 Å². The zero-order chi connectivity index (χ0) is 28.6. The van der Waals surface area contributed by atoms with Crippen LogP contribution in [0, 0.1) is 11.7 Å². The van der Waals surface area contributed by atoms with E-state index in [-0.39, 0.29) is 47.0 Å². The predicted molar refractivity (Wildman–Crippen MR) is 147 cm³/mol. The Bertz CT molecular complexity index is 1390. The minimum atomic E-state index is -0.577. The van der Waals surface area contributed by atoms with Crippen molar-refractivity contribution in [2.24, 2.45) is 10.9 Å². The maximum Gasteiger partial charge on any atom is 0.320 e. The maximum atomic E-state index is 13.5. The summed E-state index contributed by atoms with van der Waals surface area (Å²) >= 11 is 1.37. The number of hydrogen-bond donors (Lipinski definition) is 3. The zero-order valence-corrected chi connectivity index (χ0v) is 23.4. The third-order valence-corrected chi connectivity index (χ3v) is 8.57. The maximum absolute atomic E-state index is 13.5. The van der Waals surface area contributed by atoms with E-state index < -0.39 is 23.9 Å². The Morgan fingerprint density at radius 1 is 1.15 bits per heavy atom. The Morgan fingerprint density at radius 3 is 2.73 bits per heavy atom. The third kappa shape index (κ3) is 6.04. The van der Waals surface area contributed by atoms with Crippen LogP contribution in [0.2, 0.25) is 0 Å². The molecule has 1 saturated carbocycles. The fraction of sp³-hybridized carbons (Fsp3) is 0.481. The summed E-state index contributed by atoms with van der Waals surface area (Å²) in [5.41, 5.74) is 1.41. The summed E-state index contributed by atoms with van der Waals surface area (Å²) in [5.74, 6) is -1.37. The van der Waals surface area contributed by atoms with Gasteiger partial charge in [-0.2, -0.15) is 0 Å². The molecule has 3 aliphatic rings. The van der Waals surface area contributed by atoms with Gasteiger partial charge in [0, 0.05) is 50.0 Å². The van der Waals surface area contributed by atoms with E-state index in [9.17, 15) is 23.6 Å². The van der Waals surface area contributed by atoms with Crippen LogP contribution in [0.15, 0.2) is 23.2 Å². The zero-order valence-electron chi connectivity index (χ0n) is 22.6. The lowest BCUT2D eigenvalue weighted by molar-refractivity contribution is -0.134. The van der Waals surface area contributed by atoms with Gasteiger partial charge in [0.2, 0.25) is 5.91 Å². The molecule has 0 saturated heterocycles. The number of ketones is 1. The number of amides is 4. The molecule has 2 aliphatic heterocycles. The number of rotatable bonds is 4. The first kappa shape index (κ1) is 27.8. The number of Topliss-reactive ketones (excluding diaryl/α,β-unsaturated/α-hetero) is 1. The molecule has 13 heteroatoms. The van der Waals surface area contributed by atoms with Crippen LogP contribution < -0.4 is 16.0 Å². The van der Waals surface area contributed by atoms with Crippen LogP contribution in [0.1, 0.15) is 56.4 Å². The predicted octanol–water partition coefficient (Wildman–Crippen LogP) is 2.24. The monoisotopic (exact) mass is 569 g/mol. The molecular formula is C27H32FN7O4S. The van der Waals surface area contributed by atoms with Crippen LogP contribution in [0.4, 0.5) is 14.9 Å². The van der Waals surface area contributed by atoms with E-state index in [2.05, 4.69) is 30.8 Å². The molecule has 0 unspecified atom stereocenters. The first-order chi connectivity index (χ1) is 19.1. The quantitative estimate of drug-likeness (QED) is 0.517. The second-order valence-electron chi connectivity index (χ2n) is 10.7. The molecule has 40 heavy (non-hydrogen) atoms. The van der Waals surface area contributed by atoms with Gasteiger partial charge < -0.3 is 20.4 Å². The Morgan fingerprint density at radius 2 is 1.95 bits per heavy atom. The third-order valence-electron chi connectivity index (χ3n) is 7.49. The summed E-state index contributed by atoms with van der Waals surface area (Å²) in [6.07, 6.45) is 1.99. The molecule has 0 radical (unpaired) electrons. The number of hydrogen-bond acceptors (Lipinski definition) is 8. The van der Waals surface area contributed by atoms with Gasteiger partial charge in [0.1, 0.15) is 11.7 Å². The Labute approximate surface area is 235 Å². The molecule has 0 spiro atoms. The molecule has 5 rings (SSSR count). The number of aromatic nitrogens is 1. The van der Waals surface area contributed by atoms with Gasteiger partial charge in [-0.15, -0.1) is 11.3 Å². The Balaban J connectivity index is 1.29. The van der Waals surface area contributed by atoms with E-state index in [0.29, 0.717) is 24.3 Å². The summed E-state index contributed by atoms with van der Waals surface area (Å²) in [5, 5.41) is 8.92. The number of urea groups is 1. The number of nitrogens with one attached hydrogen (secondary N) is 3. The Kier molecular flexibility index (Phi) is 7.95. The van der Waals surface area contributed by atoms with Crippen molar-refractivity contribution in [3.8, 4) is 0 Å². The van der Waals surface area contributed by atoms with Crippen LogP contribution in [0.25, 0.3) is 0 Å². The number of fused-ring (bicyclic) bond motifs is 2. The normalized spacial score (nSPS) is 22.4. The van der Waals surface area contributed by atoms with Gasteiger partial charge in [-0.3, -0.25) is 19.7 Å². The van der Waals surface area contributed by atoms with Crippen LogP contribution in [0.5, 0.6) is 0 Å². The summed E-state index contributed by atoms with van der Waals surface area (Å²) in [6, 6.07) is 2.18. The number of likely N-dealkylation sites (N-methyl/N-ethyl adjacent to an activating group) is 1. The molecular weight excluding hydrogens is 537 g/mol. The number of aliphatic imine (C=N–C) groups is 1. The molecule has 3 atom stereocenters. The SMILES string of the molecule is CN1CCc2nc(C(=O)N[C@@H]3C[C@@H](C(=O)N(C)C)CC[C@@H]3NC(=O)NC3=Nc4ccc(F)cc4C(=O)C3)sc2C1. The topological polar surface area (TPSA) is 136 Å². The van der Waals surface area contributed by atoms with E-state index in [4.69, 9.17) is 0 Å². The molecule has 1 fully saturated rings. The lowest BCUT2D eigenvalue weighted by atomic mass is 9.81. The number of halogens is 1. The summed E-state index contributed by atoms with van der Waals surface area (Å²) < 4.78 is 13.5. The van der Waals surface area contributed by atoms with Crippen molar-refractivity contribution < 1.29 is 23.6 Å². The molecule has 1 aromatic heterocycles. The van der Waals surface area contributed by atoms with Gasteiger partial charge >= 0.3 is 6.03 Å². The largest absolute Gasteiger partial charge is 0.349 e. The van der Waals surface area contributed by atoms with Crippen molar-refractivity contribution in [1.82, 2.24) is 30.7 Å². The van der Waals surface area contributed by atoms with E-state index in [1.165, 1.54) is 28.4 Å². The number of nitrogens with zero attached hydrogens (tertiary/aromatic N) is 4. The van der Waals surface area contributed by atoms with Gasteiger partial charge in [-0.05, 0) is 44.5 Å². The number of thiazole rings is 1. The van der Waals surface area contributed by atoms with Gasteiger partial charge in [0.05, 0.1) is 29.9 Å². The minimum absolute atomic E-state index is 0.0277. The first-order valence-electron chi connectivity index (χ1n) is 13.2. The average Bonchev–Trinajstić information content (AvgIpc) is 3.33.